The van der Waals surface area contributed by atoms with Crippen molar-refractivity contribution in [3.63, 3.8) is 0 Å². The zero-order valence-electron chi connectivity index (χ0n) is 9.90. The van der Waals surface area contributed by atoms with E-state index in [1.165, 1.54) is 12.8 Å². The number of hydrogen-bond donors (Lipinski definition) is 1. The first kappa shape index (κ1) is 11.8. The van der Waals surface area contributed by atoms with Crippen molar-refractivity contribution in [3.05, 3.63) is 29.8 Å². The van der Waals surface area contributed by atoms with Crippen molar-refractivity contribution < 1.29 is 4.21 Å². The molecule has 16 heavy (non-hydrogen) atoms. The molecule has 88 valence electrons. The highest BCUT2D eigenvalue weighted by Gasteiger charge is 2.31. The number of benzene rings is 1. The molecular formula is C13H19NOS. The number of hydrogen-bond acceptors (Lipinski definition) is 2. The molecule has 1 aromatic carbocycles. The molecule has 2 unspecified atom stereocenters. The van der Waals surface area contributed by atoms with Crippen LogP contribution in [0.2, 0.25) is 0 Å². The van der Waals surface area contributed by atoms with Gasteiger partial charge in [0.2, 0.25) is 0 Å². The maximum Gasteiger partial charge on any atom is 0.0548 e. The maximum atomic E-state index is 12.2. The Bertz CT molecular complexity index is 387. The van der Waals surface area contributed by atoms with Gasteiger partial charge in [-0.25, -0.2) is 0 Å². The van der Waals surface area contributed by atoms with Gasteiger partial charge in [-0.15, -0.1) is 0 Å². The summed E-state index contributed by atoms with van der Waals surface area (Å²) in [6.07, 6.45) is 2.58. The minimum Gasteiger partial charge on any atom is -0.316 e. The van der Waals surface area contributed by atoms with Crippen LogP contribution in [0, 0.1) is 12.8 Å². The van der Waals surface area contributed by atoms with Crippen molar-refractivity contribution in [2.45, 2.75) is 30.7 Å². The van der Waals surface area contributed by atoms with Gasteiger partial charge in [0.1, 0.15) is 0 Å². The van der Waals surface area contributed by atoms with Crippen LogP contribution in [-0.4, -0.2) is 23.1 Å². The molecule has 0 spiro atoms. The second-order valence-electron chi connectivity index (χ2n) is 4.51. The fourth-order valence-corrected chi connectivity index (χ4v) is 3.62. The van der Waals surface area contributed by atoms with Crippen molar-refractivity contribution in [1.29, 1.82) is 0 Å². The summed E-state index contributed by atoms with van der Waals surface area (Å²) in [5.41, 5.74) is 1.13. The second-order valence-corrected chi connectivity index (χ2v) is 5.97. The predicted octanol–water partition coefficient (Wildman–Crippen LogP) is 2.10. The molecule has 0 heterocycles. The summed E-state index contributed by atoms with van der Waals surface area (Å²) in [7, 11) is 1.10. The van der Waals surface area contributed by atoms with E-state index in [1.807, 2.05) is 38.2 Å². The van der Waals surface area contributed by atoms with Gasteiger partial charge < -0.3 is 5.32 Å². The van der Waals surface area contributed by atoms with E-state index in [4.69, 9.17) is 0 Å². The number of aryl methyl sites for hydroxylation is 1. The van der Waals surface area contributed by atoms with Crippen LogP contribution in [0.15, 0.2) is 29.2 Å². The van der Waals surface area contributed by atoms with Crippen molar-refractivity contribution in [3.8, 4) is 0 Å². The maximum absolute atomic E-state index is 12.2. The van der Waals surface area contributed by atoms with Crippen molar-refractivity contribution in [2.75, 3.05) is 12.8 Å². The van der Waals surface area contributed by atoms with Crippen molar-refractivity contribution >= 4 is 10.8 Å². The van der Waals surface area contributed by atoms with Gasteiger partial charge in [0.05, 0.1) is 10.8 Å². The lowest BCUT2D eigenvalue weighted by atomic mass is 10.2. The predicted molar refractivity (Wildman–Crippen MR) is 68.0 cm³/mol. The molecule has 2 atom stereocenters. The minimum atomic E-state index is -0.868. The van der Waals surface area contributed by atoms with E-state index in [0.29, 0.717) is 6.04 Å². The summed E-state index contributed by atoms with van der Waals surface area (Å²) < 4.78 is 12.2. The molecule has 0 radical (unpaired) electrons. The van der Waals surface area contributed by atoms with E-state index in [1.54, 1.807) is 0 Å². The van der Waals surface area contributed by atoms with Crippen LogP contribution < -0.4 is 5.32 Å². The smallest absolute Gasteiger partial charge is 0.0548 e. The zero-order valence-corrected chi connectivity index (χ0v) is 10.7. The third-order valence-electron chi connectivity index (χ3n) is 3.23. The van der Waals surface area contributed by atoms with Gasteiger partial charge in [-0.2, -0.15) is 0 Å². The molecule has 0 amide bonds. The molecule has 0 aliphatic heterocycles. The Balaban J connectivity index is 2.04. The molecule has 2 nitrogen and oxygen atoms in total. The monoisotopic (exact) mass is 237 g/mol. The largest absolute Gasteiger partial charge is 0.316 e. The first-order valence-electron chi connectivity index (χ1n) is 5.83. The molecule has 0 saturated heterocycles. The normalized spacial score (nSPS) is 19.4. The average molecular weight is 237 g/mol. The Labute approximate surface area is 99.9 Å². The van der Waals surface area contributed by atoms with E-state index in [-0.39, 0.29) is 0 Å². The van der Waals surface area contributed by atoms with Gasteiger partial charge in [-0.1, -0.05) is 18.2 Å². The van der Waals surface area contributed by atoms with Gasteiger partial charge in [0.25, 0.3) is 0 Å². The van der Waals surface area contributed by atoms with Gasteiger partial charge in [0.15, 0.2) is 0 Å². The third kappa shape index (κ3) is 2.71. The Morgan fingerprint density at radius 1 is 1.44 bits per heavy atom. The molecule has 2 rings (SSSR count). The lowest BCUT2D eigenvalue weighted by Crippen LogP contribution is -2.33. The summed E-state index contributed by atoms with van der Waals surface area (Å²) in [4.78, 5) is 0.989. The molecule has 1 fully saturated rings. The molecule has 1 saturated carbocycles. The van der Waals surface area contributed by atoms with Crippen LogP contribution >= 0.6 is 0 Å². The molecule has 1 aromatic rings. The van der Waals surface area contributed by atoms with E-state index in [2.05, 4.69) is 5.32 Å². The minimum absolute atomic E-state index is 0.417. The summed E-state index contributed by atoms with van der Waals surface area (Å²) in [6, 6.07) is 8.38. The number of nitrogens with one attached hydrogen (secondary N) is 1. The molecular weight excluding hydrogens is 218 g/mol. The highest BCUT2D eigenvalue weighted by Crippen LogP contribution is 2.33. The highest BCUT2D eigenvalue weighted by molar-refractivity contribution is 7.85. The third-order valence-corrected chi connectivity index (χ3v) is 4.84. The zero-order chi connectivity index (χ0) is 11.5. The van der Waals surface area contributed by atoms with Crippen LogP contribution in [0.3, 0.4) is 0 Å². The topological polar surface area (TPSA) is 29.1 Å². The Morgan fingerprint density at radius 2 is 2.12 bits per heavy atom. The molecule has 1 aliphatic rings. The van der Waals surface area contributed by atoms with Crippen molar-refractivity contribution in [2.24, 2.45) is 5.92 Å². The van der Waals surface area contributed by atoms with Gasteiger partial charge in [-0.05, 0) is 44.4 Å². The first-order valence-corrected chi connectivity index (χ1v) is 7.15. The summed E-state index contributed by atoms with van der Waals surface area (Å²) in [6.45, 7) is 2.03. The Kier molecular flexibility index (Phi) is 3.77. The first-order chi connectivity index (χ1) is 7.72. The summed E-state index contributed by atoms with van der Waals surface area (Å²) >= 11 is 0. The Morgan fingerprint density at radius 3 is 2.69 bits per heavy atom. The summed E-state index contributed by atoms with van der Waals surface area (Å²) in [5, 5.41) is 3.29. The van der Waals surface area contributed by atoms with Gasteiger partial charge in [-0.3, -0.25) is 4.21 Å². The van der Waals surface area contributed by atoms with Crippen LogP contribution in [-0.2, 0) is 10.8 Å². The van der Waals surface area contributed by atoms with E-state index in [0.717, 1.165) is 22.1 Å². The van der Waals surface area contributed by atoms with E-state index in [9.17, 15) is 4.21 Å². The van der Waals surface area contributed by atoms with Crippen LogP contribution in [0.4, 0.5) is 0 Å². The molecule has 1 aliphatic carbocycles. The SMILES string of the molecule is CNC(CS(=O)c1ccccc1C)C1CC1. The lowest BCUT2D eigenvalue weighted by molar-refractivity contribution is 0.546. The lowest BCUT2D eigenvalue weighted by Gasteiger charge is -2.15. The van der Waals surface area contributed by atoms with Crippen molar-refractivity contribution in [1.82, 2.24) is 5.32 Å². The van der Waals surface area contributed by atoms with Crippen LogP contribution in [0.1, 0.15) is 18.4 Å². The van der Waals surface area contributed by atoms with Crippen LogP contribution in [0.25, 0.3) is 0 Å². The van der Waals surface area contributed by atoms with E-state index < -0.39 is 10.8 Å². The fourth-order valence-electron chi connectivity index (χ4n) is 2.02. The van der Waals surface area contributed by atoms with Gasteiger partial charge in [0, 0.05) is 16.7 Å². The summed E-state index contributed by atoms with van der Waals surface area (Å²) in [5.74, 6) is 1.49. The van der Waals surface area contributed by atoms with E-state index >= 15 is 0 Å². The average Bonchev–Trinajstić information content (AvgIpc) is 3.10. The van der Waals surface area contributed by atoms with Crippen LogP contribution in [0.5, 0.6) is 0 Å². The molecule has 0 bridgehead atoms. The molecule has 0 aromatic heterocycles. The highest BCUT2D eigenvalue weighted by atomic mass is 32.2. The Hall–Kier alpha value is -0.670. The van der Waals surface area contributed by atoms with Gasteiger partial charge >= 0.3 is 0 Å². The molecule has 1 N–H and O–H groups in total. The number of rotatable bonds is 5. The quantitative estimate of drug-likeness (QED) is 0.849. The fraction of sp³-hybridized carbons (Fsp3) is 0.538. The second kappa shape index (κ2) is 5.11. The standard InChI is InChI=1S/C13H19NOS/c1-10-5-3-4-6-13(10)16(15)9-12(14-2)11-7-8-11/h3-6,11-12,14H,7-9H2,1-2H3. The molecule has 3 heteroatoms.